The third-order valence-corrected chi connectivity index (χ3v) is 4.03. The molecule has 0 aromatic heterocycles. The molecule has 0 aliphatic carbocycles. The Balaban J connectivity index is 2.06. The minimum Gasteiger partial charge on any atom is -0.467 e. The summed E-state index contributed by atoms with van der Waals surface area (Å²) in [7, 11) is 1.31. The van der Waals surface area contributed by atoms with E-state index < -0.39 is 12.0 Å². The monoisotopic (exact) mass is 359 g/mol. The van der Waals surface area contributed by atoms with Crippen LogP contribution in [0.4, 0.5) is 0 Å². The van der Waals surface area contributed by atoms with Crippen molar-refractivity contribution < 1.29 is 23.8 Å². The van der Waals surface area contributed by atoms with Crippen LogP contribution in [0.5, 0.6) is 11.5 Å². The molecule has 140 valence electrons. The lowest BCUT2D eigenvalue weighted by molar-refractivity contribution is -0.145. The molecule has 1 atom stereocenters. The Morgan fingerprint density at radius 2 is 1.96 bits per heavy atom. The lowest BCUT2D eigenvalue weighted by Crippen LogP contribution is -2.44. The predicted molar refractivity (Wildman–Crippen MR) is 98.8 cm³/mol. The predicted octanol–water partition coefficient (Wildman–Crippen LogP) is 3.08. The largest absolute Gasteiger partial charge is 0.467 e. The molecule has 6 nitrogen and oxygen atoms in total. The van der Waals surface area contributed by atoms with Gasteiger partial charge in [-0.2, -0.15) is 0 Å². The maximum Gasteiger partial charge on any atom is 0.328 e. The first kappa shape index (κ1) is 19.6. The summed E-state index contributed by atoms with van der Waals surface area (Å²) in [6, 6.07) is 5.03. The highest BCUT2D eigenvalue weighted by atomic mass is 16.7. The number of hydrogen-bond donors (Lipinski definition) is 1. The van der Waals surface area contributed by atoms with Crippen LogP contribution in [0.3, 0.4) is 0 Å². The van der Waals surface area contributed by atoms with Gasteiger partial charge in [0.15, 0.2) is 11.5 Å². The van der Waals surface area contributed by atoms with Crippen LogP contribution in [-0.2, 0) is 14.3 Å². The first-order valence-electron chi connectivity index (χ1n) is 8.61. The van der Waals surface area contributed by atoms with Crippen molar-refractivity contribution in [2.24, 2.45) is 5.92 Å². The van der Waals surface area contributed by atoms with Gasteiger partial charge in [0, 0.05) is 6.08 Å². The number of allylic oxidation sites excluding steroid dienone is 2. The average molecular weight is 359 g/mol. The summed E-state index contributed by atoms with van der Waals surface area (Å²) in [6.07, 6.45) is 5.91. The van der Waals surface area contributed by atoms with Crippen LogP contribution < -0.4 is 14.8 Å². The molecule has 0 radical (unpaired) electrons. The van der Waals surface area contributed by atoms with Crippen molar-refractivity contribution in [2.75, 3.05) is 13.9 Å². The van der Waals surface area contributed by atoms with E-state index in [0.717, 1.165) is 23.3 Å². The quantitative estimate of drug-likeness (QED) is 0.460. The van der Waals surface area contributed by atoms with E-state index in [4.69, 9.17) is 14.2 Å². The summed E-state index contributed by atoms with van der Waals surface area (Å²) in [5.74, 6) is 0.605. The van der Waals surface area contributed by atoms with Crippen molar-refractivity contribution in [3.8, 4) is 11.5 Å². The molecule has 0 spiro atoms. The highest BCUT2D eigenvalue weighted by molar-refractivity contribution is 5.92. The molecule has 1 amide bonds. The number of esters is 1. The first-order chi connectivity index (χ1) is 12.4. The zero-order valence-electron chi connectivity index (χ0n) is 15.6. The second kappa shape index (κ2) is 9.08. The Kier molecular flexibility index (Phi) is 6.83. The van der Waals surface area contributed by atoms with E-state index in [0.29, 0.717) is 5.75 Å². The maximum absolute atomic E-state index is 12.1. The maximum atomic E-state index is 12.1. The molecule has 1 aliphatic heterocycles. The number of carbonyl (C=O) groups is 2. The number of fused-ring (bicyclic) bond motifs is 1. The lowest BCUT2D eigenvalue weighted by atomic mass is 10.0. The molecule has 1 heterocycles. The Morgan fingerprint density at radius 1 is 1.23 bits per heavy atom. The van der Waals surface area contributed by atoms with Gasteiger partial charge in [-0.05, 0) is 35.6 Å². The average Bonchev–Trinajstić information content (AvgIpc) is 3.09. The first-order valence-corrected chi connectivity index (χ1v) is 8.61. The van der Waals surface area contributed by atoms with Crippen LogP contribution in [0, 0.1) is 5.92 Å². The fourth-order valence-electron chi connectivity index (χ4n) is 2.49. The van der Waals surface area contributed by atoms with Crippen LogP contribution in [-0.4, -0.2) is 31.8 Å². The molecule has 1 aromatic carbocycles. The summed E-state index contributed by atoms with van der Waals surface area (Å²) in [5.41, 5.74) is 1.93. The van der Waals surface area contributed by atoms with E-state index in [2.05, 4.69) is 5.32 Å². The Labute approximate surface area is 153 Å². The number of rotatable bonds is 7. The second-order valence-electron chi connectivity index (χ2n) is 6.27. The summed E-state index contributed by atoms with van der Waals surface area (Å²) in [6.45, 7) is 5.94. The van der Waals surface area contributed by atoms with Gasteiger partial charge in [0.05, 0.1) is 7.11 Å². The standard InChI is InChI=1S/C20H25NO5/c1-5-14(10-15-6-8-16-17(11-15)26-12-25-16)7-9-18(22)21-19(13(2)3)20(23)24-4/h6-11,13,19H,5,12H2,1-4H3,(H,21,22)/b9-7+,14-10+/t19-/m0/s1. The highest BCUT2D eigenvalue weighted by Gasteiger charge is 2.23. The number of ether oxygens (including phenoxy) is 3. The van der Waals surface area contributed by atoms with E-state index in [1.807, 2.05) is 45.0 Å². The summed E-state index contributed by atoms with van der Waals surface area (Å²) in [4.78, 5) is 23.9. The van der Waals surface area contributed by atoms with Gasteiger partial charge in [-0.15, -0.1) is 0 Å². The van der Waals surface area contributed by atoms with Gasteiger partial charge in [-0.3, -0.25) is 4.79 Å². The summed E-state index contributed by atoms with van der Waals surface area (Å²) < 4.78 is 15.4. The molecule has 0 saturated carbocycles. The zero-order chi connectivity index (χ0) is 19.1. The van der Waals surface area contributed by atoms with Crippen molar-refractivity contribution in [1.29, 1.82) is 0 Å². The van der Waals surface area contributed by atoms with Crippen LogP contribution in [0.15, 0.2) is 35.9 Å². The van der Waals surface area contributed by atoms with Crippen LogP contribution in [0.25, 0.3) is 6.08 Å². The summed E-state index contributed by atoms with van der Waals surface area (Å²) in [5, 5.41) is 2.68. The molecule has 2 rings (SSSR count). The highest BCUT2D eigenvalue weighted by Crippen LogP contribution is 2.33. The van der Waals surface area contributed by atoms with E-state index in [9.17, 15) is 9.59 Å². The number of nitrogens with one attached hydrogen (secondary N) is 1. The molecular formula is C20H25NO5. The molecule has 0 unspecified atom stereocenters. The van der Waals surface area contributed by atoms with Gasteiger partial charge in [0.1, 0.15) is 6.04 Å². The molecule has 1 N–H and O–H groups in total. The molecule has 0 bridgehead atoms. The molecule has 0 fully saturated rings. The topological polar surface area (TPSA) is 73.9 Å². The minimum absolute atomic E-state index is 0.0605. The van der Waals surface area contributed by atoms with Gasteiger partial charge < -0.3 is 19.5 Å². The molecular weight excluding hydrogens is 334 g/mol. The van der Waals surface area contributed by atoms with Crippen molar-refractivity contribution in [2.45, 2.75) is 33.2 Å². The van der Waals surface area contributed by atoms with E-state index in [-0.39, 0.29) is 18.6 Å². The van der Waals surface area contributed by atoms with E-state index in [1.165, 1.54) is 13.2 Å². The van der Waals surface area contributed by atoms with E-state index in [1.54, 1.807) is 6.08 Å². The van der Waals surface area contributed by atoms with Gasteiger partial charge in [-0.1, -0.05) is 39.0 Å². The fourth-order valence-corrected chi connectivity index (χ4v) is 2.49. The Hall–Kier alpha value is -2.76. The minimum atomic E-state index is -0.667. The van der Waals surface area contributed by atoms with Crippen molar-refractivity contribution in [1.82, 2.24) is 5.32 Å². The molecule has 0 saturated heterocycles. The SMILES string of the molecule is CCC(/C=C/C(=O)N[C@H](C(=O)OC)C(C)C)=C\c1ccc2c(c1)OCO2. The number of methoxy groups -OCH3 is 1. The third-order valence-electron chi connectivity index (χ3n) is 4.03. The third kappa shape index (κ3) is 5.12. The smallest absolute Gasteiger partial charge is 0.328 e. The van der Waals surface area contributed by atoms with Crippen LogP contribution in [0.1, 0.15) is 32.8 Å². The lowest BCUT2D eigenvalue weighted by Gasteiger charge is -2.18. The molecule has 1 aliphatic rings. The number of benzene rings is 1. The Morgan fingerprint density at radius 3 is 2.62 bits per heavy atom. The number of amides is 1. The normalized spacial score (nSPS) is 14.6. The van der Waals surface area contributed by atoms with Crippen molar-refractivity contribution in [3.05, 3.63) is 41.5 Å². The van der Waals surface area contributed by atoms with E-state index >= 15 is 0 Å². The molecule has 1 aromatic rings. The van der Waals surface area contributed by atoms with Gasteiger partial charge in [-0.25, -0.2) is 4.79 Å². The number of hydrogen-bond acceptors (Lipinski definition) is 5. The van der Waals surface area contributed by atoms with Crippen LogP contribution >= 0.6 is 0 Å². The fraction of sp³-hybridized carbons (Fsp3) is 0.400. The Bertz CT molecular complexity index is 721. The summed E-state index contributed by atoms with van der Waals surface area (Å²) >= 11 is 0. The van der Waals surface area contributed by atoms with Gasteiger partial charge >= 0.3 is 5.97 Å². The zero-order valence-corrected chi connectivity index (χ0v) is 15.6. The second-order valence-corrected chi connectivity index (χ2v) is 6.27. The van der Waals surface area contributed by atoms with Gasteiger partial charge in [0.2, 0.25) is 12.7 Å². The van der Waals surface area contributed by atoms with Crippen molar-refractivity contribution in [3.63, 3.8) is 0 Å². The number of carbonyl (C=O) groups excluding carboxylic acids is 2. The molecule has 26 heavy (non-hydrogen) atoms. The van der Waals surface area contributed by atoms with Crippen molar-refractivity contribution >= 4 is 18.0 Å². The van der Waals surface area contributed by atoms with Crippen LogP contribution in [0.2, 0.25) is 0 Å². The molecule has 6 heteroatoms. The van der Waals surface area contributed by atoms with Gasteiger partial charge in [0.25, 0.3) is 0 Å².